The Morgan fingerprint density at radius 1 is 1.10 bits per heavy atom. The first-order chi connectivity index (χ1) is 13.6. The summed E-state index contributed by atoms with van der Waals surface area (Å²) in [6, 6.07) is 10.2. The first-order valence-electron chi connectivity index (χ1n) is 8.60. The van der Waals surface area contributed by atoms with Crippen LogP contribution in [0.4, 0.5) is 5.69 Å². The number of thioether (sulfide) groups is 1. The predicted octanol–water partition coefficient (Wildman–Crippen LogP) is 4.77. The van der Waals surface area contributed by atoms with Crippen LogP contribution in [0.25, 0.3) is 0 Å². The topological polar surface area (TPSA) is 66.5 Å². The highest BCUT2D eigenvalue weighted by molar-refractivity contribution is 7.98. The predicted molar refractivity (Wildman–Crippen MR) is 124 cm³/mol. The number of halogens is 3. The van der Waals surface area contributed by atoms with E-state index in [-0.39, 0.29) is 6.54 Å². The molecule has 5 nitrogen and oxygen atoms in total. The lowest BCUT2D eigenvalue weighted by Crippen LogP contribution is -2.41. The van der Waals surface area contributed by atoms with E-state index in [1.807, 2.05) is 13.0 Å². The molecule has 1 amide bonds. The van der Waals surface area contributed by atoms with E-state index >= 15 is 0 Å². The van der Waals surface area contributed by atoms with Crippen molar-refractivity contribution >= 4 is 68.2 Å². The molecule has 158 valence electrons. The summed E-state index contributed by atoms with van der Waals surface area (Å²) in [5, 5.41) is 4.37. The first-order valence-corrected chi connectivity index (χ1v) is 12.7. The molecule has 0 saturated carbocycles. The van der Waals surface area contributed by atoms with Gasteiger partial charge in [-0.1, -0.05) is 46.9 Å². The largest absolute Gasteiger partial charge is 0.354 e. The van der Waals surface area contributed by atoms with Gasteiger partial charge >= 0.3 is 0 Å². The van der Waals surface area contributed by atoms with Crippen LogP contribution in [0.3, 0.4) is 0 Å². The Labute approximate surface area is 190 Å². The molecule has 0 atom stereocenters. The molecule has 10 heteroatoms. The van der Waals surface area contributed by atoms with Crippen molar-refractivity contribution in [2.75, 3.05) is 29.4 Å². The second-order valence-electron chi connectivity index (χ2n) is 6.34. The van der Waals surface area contributed by atoms with Crippen molar-refractivity contribution in [3.63, 3.8) is 0 Å². The first kappa shape index (κ1) is 24.2. The molecule has 0 aliphatic carbocycles. The Hall–Kier alpha value is -1.12. The van der Waals surface area contributed by atoms with E-state index in [2.05, 4.69) is 5.32 Å². The number of hydrogen-bond acceptors (Lipinski definition) is 4. The van der Waals surface area contributed by atoms with Crippen molar-refractivity contribution in [2.24, 2.45) is 0 Å². The minimum absolute atomic E-state index is 0.314. The fourth-order valence-electron chi connectivity index (χ4n) is 2.41. The number of nitrogens with zero attached hydrogens (tertiary/aromatic N) is 1. The molecule has 0 bridgehead atoms. The van der Waals surface area contributed by atoms with Gasteiger partial charge in [-0.05, 0) is 42.3 Å². The molecule has 0 aliphatic rings. The van der Waals surface area contributed by atoms with Crippen molar-refractivity contribution in [3.8, 4) is 0 Å². The second kappa shape index (κ2) is 10.8. The molecule has 0 radical (unpaired) electrons. The zero-order valence-corrected chi connectivity index (χ0v) is 19.8. The zero-order valence-electron chi connectivity index (χ0n) is 15.9. The van der Waals surface area contributed by atoms with Crippen LogP contribution in [0.1, 0.15) is 11.1 Å². The van der Waals surface area contributed by atoms with E-state index < -0.39 is 15.9 Å². The van der Waals surface area contributed by atoms with E-state index in [0.29, 0.717) is 38.8 Å². The summed E-state index contributed by atoms with van der Waals surface area (Å²) >= 11 is 19.7. The van der Waals surface area contributed by atoms with Gasteiger partial charge in [0.15, 0.2) is 0 Å². The highest BCUT2D eigenvalue weighted by Crippen LogP contribution is 2.25. The maximum Gasteiger partial charge on any atom is 0.240 e. The van der Waals surface area contributed by atoms with Gasteiger partial charge in [-0.2, -0.15) is 11.8 Å². The molecule has 2 aromatic rings. The lowest BCUT2D eigenvalue weighted by molar-refractivity contribution is -0.119. The number of anilines is 1. The summed E-state index contributed by atoms with van der Waals surface area (Å²) in [4.78, 5) is 12.3. The van der Waals surface area contributed by atoms with Crippen LogP contribution in [-0.2, 0) is 20.6 Å². The van der Waals surface area contributed by atoms with Gasteiger partial charge in [0.1, 0.15) is 6.54 Å². The van der Waals surface area contributed by atoms with Gasteiger partial charge < -0.3 is 5.32 Å². The number of carbonyl (C=O) groups is 1. The Kier molecular flexibility index (Phi) is 8.97. The molecule has 0 unspecified atom stereocenters. The highest BCUT2D eigenvalue weighted by atomic mass is 35.5. The summed E-state index contributed by atoms with van der Waals surface area (Å²) in [6.45, 7) is 1.91. The number of amides is 1. The van der Waals surface area contributed by atoms with Crippen LogP contribution >= 0.6 is 46.6 Å². The van der Waals surface area contributed by atoms with Gasteiger partial charge in [0.2, 0.25) is 15.9 Å². The lowest BCUT2D eigenvalue weighted by Gasteiger charge is -2.22. The Bertz CT molecular complexity index is 985. The van der Waals surface area contributed by atoms with Gasteiger partial charge in [-0.3, -0.25) is 9.10 Å². The fraction of sp³-hybridized carbons (Fsp3) is 0.316. The van der Waals surface area contributed by atoms with Crippen molar-refractivity contribution in [3.05, 3.63) is 62.6 Å². The maximum absolute atomic E-state index is 12.3. The molecular formula is C19H21Cl3N2O3S2. The number of carbonyl (C=O) groups excluding carboxylic acids is 1. The van der Waals surface area contributed by atoms with Crippen molar-refractivity contribution < 1.29 is 13.2 Å². The van der Waals surface area contributed by atoms with E-state index in [4.69, 9.17) is 34.8 Å². The standard InChI is InChI=1S/C19H21Cl3N2O3S2/c1-13-3-6-16(10-17(13)21)24(29(2,26)27)11-19(25)23-7-8-28-12-14-4-5-15(20)9-18(14)22/h3-6,9-10H,7-8,11-12H2,1-2H3,(H,23,25). The molecule has 29 heavy (non-hydrogen) atoms. The molecule has 1 N–H and O–H groups in total. The molecule has 0 saturated heterocycles. The minimum Gasteiger partial charge on any atom is -0.354 e. The summed E-state index contributed by atoms with van der Waals surface area (Å²) < 4.78 is 25.3. The quantitative estimate of drug-likeness (QED) is 0.509. The smallest absolute Gasteiger partial charge is 0.240 e. The third-order valence-electron chi connectivity index (χ3n) is 3.97. The summed E-state index contributed by atoms with van der Waals surface area (Å²) in [5.41, 5.74) is 2.14. The van der Waals surface area contributed by atoms with E-state index in [0.717, 1.165) is 21.7 Å². The molecule has 0 spiro atoms. The van der Waals surface area contributed by atoms with Gasteiger partial charge in [0.25, 0.3) is 0 Å². The number of sulfonamides is 1. The van der Waals surface area contributed by atoms with Crippen LogP contribution in [0.15, 0.2) is 36.4 Å². The summed E-state index contributed by atoms with van der Waals surface area (Å²) in [5.74, 6) is 0.945. The Morgan fingerprint density at radius 3 is 2.45 bits per heavy atom. The van der Waals surface area contributed by atoms with Gasteiger partial charge in [0, 0.05) is 33.1 Å². The van der Waals surface area contributed by atoms with Gasteiger partial charge in [0.05, 0.1) is 11.9 Å². The van der Waals surface area contributed by atoms with Crippen LogP contribution in [0.2, 0.25) is 15.1 Å². The maximum atomic E-state index is 12.3. The van der Waals surface area contributed by atoms with Crippen molar-refractivity contribution in [1.29, 1.82) is 0 Å². The van der Waals surface area contributed by atoms with E-state index in [1.54, 1.807) is 36.0 Å². The molecule has 2 rings (SSSR count). The van der Waals surface area contributed by atoms with Gasteiger partial charge in [-0.25, -0.2) is 8.42 Å². The normalized spacial score (nSPS) is 11.3. The van der Waals surface area contributed by atoms with Crippen molar-refractivity contribution in [1.82, 2.24) is 5.32 Å². The Morgan fingerprint density at radius 2 is 1.83 bits per heavy atom. The number of rotatable bonds is 9. The molecule has 0 aromatic heterocycles. The van der Waals surface area contributed by atoms with E-state index in [1.165, 1.54) is 6.07 Å². The summed E-state index contributed by atoms with van der Waals surface area (Å²) in [7, 11) is -3.64. The van der Waals surface area contributed by atoms with Crippen LogP contribution in [-0.4, -0.2) is 39.4 Å². The second-order valence-corrected chi connectivity index (χ2v) is 10.6. The average Bonchev–Trinajstić information content (AvgIpc) is 2.62. The van der Waals surface area contributed by atoms with Crippen molar-refractivity contribution in [2.45, 2.75) is 12.7 Å². The number of hydrogen-bond donors (Lipinski definition) is 1. The molecule has 0 heterocycles. The molecule has 0 aliphatic heterocycles. The molecular weight excluding hydrogens is 475 g/mol. The summed E-state index contributed by atoms with van der Waals surface area (Å²) in [6.07, 6.45) is 1.06. The SMILES string of the molecule is Cc1ccc(N(CC(=O)NCCSCc2ccc(Cl)cc2Cl)S(C)(=O)=O)cc1Cl. The minimum atomic E-state index is -3.64. The van der Waals surface area contributed by atoms with Gasteiger partial charge in [-0.15, -0.1) is 0 Å². The number of aryl methyl sites for hydroxylation is 1. The third kappa shape index (κ3) is 7.57. The van der Waals surface area contributed by atoms with E-state index in [9.17, 15) is 13.2 Å². The molecule has 2 aromatic carbocycles. The average molecular weight is 496 g/mol. The number of benzene rings is 2. The third-order valence-corrected chi connectivity index (χ3v) is 7.11. The fourth-order valence-corrected chi connectivity index (χ4v) is 4.85. The van der Waals surface area contributed by atoms with Crippen LogP contribution < -0.4 is 9.62 Å². The van der Waals surface area contributed by atoms with Crippen LogP contribution in [0, 0.1) is 6.92 Å². The lowest BCUT2D eigenvalue weighted by atomic mass is 10.2. The number of nitrogens with one attached hydrogen (secondary N) is 1. The Balaban J connectivity index is 1.86. The molecule has 0 fully saturated rings. The monoisotopic (exact) mass is 494 g/mol. The highest BCUT2D eigenvalue weighted by Gasteiger charge is 2.21. The zero-order chi connectivity index (χ0) is 21.6. The van der Waals surface area contributed by atoms with Crippen LogP contribution in [0.5, 0.6) is 0 Å².